The number of benzene rings is 1. The lowest BCUT2D eigenvalue weighted by Gasteiger charge is -2.35. The van der Waals surface area contributed by atoms with Gasteiger partial charge < -0.3 is 16.2 Å². The van der Waals surface area contributed by atoms with E-state index >= 15 is 0 Å². The van der Waals surface area contributed by atoms with Crippen LogP contribution in [-0.2, 0) is 0 Å². The third-order valence-electron chi connectivity index (χ3n) is 4.15. The maximum Gasteiger partial charge on any atom is 0.252 e. The predicted octanol–water partition coefficient (Wildman–Crippen LogP) is 2.59. The Morgan fingerprint density at radius 2 is 2.05 bits per heavy atom. The summed E-state index contributed by atoms with van der Waals surface area (Å²) in [5, 5.41) is 12.8. The van der Waals surface area contributed by atoms with Crippen molar-refractivity contribution >= 4 is 23.2 Å². The number of nitrogen functional groups attached to an aromatic ring is 1. The van der Waals surface area contributed by atoms with Crippen molar-refractivity contribution in [3.05, 3.63) is 28.8 Å². The fraction of sp³-hybridized carbons (Fsp3) is 0.533. The Bertz CT molecular complexity index is 485. The molecule has 1 saturated carbocycles. The standard InChI is InChI=1S/C15H21ClN2O2/c16-13-11(5-4-6-12(13)17)14(20)18-9-15(10-19)7-2-1-3-8-15/h4-6,19H,1-3,7-10,17H2,(H,18,20). The lowest BCUT2D eigenvalue weighted by atomic mass is 9.74. The van der Waals surface area contributed by atoms with Crippen LogP contribution in [0.3, 0.4) is 0 Å². The van der Waals surface area contributed by atoms with Gasteiger partial charge in [-0.1, -0.05) is 36.9 Å². The van der Waals surface area contributed by atoms with Crippen molar-refractivity contribution in [3.8, 4) is 0 Å². The number of carbonyl (C=O) groups is 1. The van der Waals surface area contributed by atoms with Gasteiger partial charge in [0.1, 0.15) is 0 Å². The summed E-state index contributed by atoms with van der Waals surface area (Å²) in [7, 11) is 0. The fourth-order valence-electron chi connectivity index (χ4n) is 2.78. The van der Waals surface area contributed by atoms with Gasteiger partial charge in [0.05, 0.1) is 22.9 Å². The molecule has 4 N–H and O–H groups in total. The monoisotopic (exact) mass is 296 g/mol. The molecule has 0 aliphatic heterocycles. The Kier molecular flexibility index (Phi) is 4.89. The van der Waals surface area contributed by atoms with Crippen molar-refractivity contribution < 1.29 is 9.90 Å². The molecule has 1 fully saturated rings. The molecule has 1 aromatic carbocycles. The SMILES string of the molecule is Nc1cccc(C(=O)NCC2(CO)CCCCC2)c1Cl. The van der Waals surface area contributed by atoms with Crippen molar-refractivity contribution in [1.29, 1.82) is 0 Å². The Morgan fingerprint density at radius 1 is 1.35 bits per heavy atom. The molecule has 1 aliphatic carbocycles. The Morgan fingerprint density at radius 3 is 2.70 bits per heavy atom. The summed E-state index contributed by atoms with van der Waals surface area (Å²) in [6.07, 6.45) is 5.32. The number of hydrogen-bond acceptors (Lipinski definition) is 3. The first kappa shape index (κ1) is 15.1. The van der Waals surface area contributed by atoms with Gasteiger partial charge in [-0.2, -0.15) is 0 Å². The summed E-state index contributed by atoms with van der Waals surface area (Å²) in [5.74, 6) is -0.235. The Hall–Kier alpha value is -1.26. The molecule has 0 spiro atoms. The lowest BCUT2D eigenvalue weighted by Crippen LogP contribution is -2.41. The van der Waals surface area contributed by atoms with E-state index < -0.39 is 0 Å². The van der Waals surface area contributed by atoms with Crippen molar-refractivity contribution in [2.45, 2.75) is 32.1 Å². The summed E-state index contributed by atoms with van der Waals surface area (Å²) >= 11 is 6.04. The third kappa shape index (κ3) is 3.25. The average Bonchev–Trinajstić information content (AvgIpc) is 2.48. The number of aliphatic hydroxyl groups is 1. The van der Waals surface area contributed by atoms with Crippen LogP contribution in [0.1, 0.15) is 42.5 Å². The predicted molar refractivity (Wildman–Crippen MR) is 80.8 cm³/mol. The van der Waals surface area contributed by atoms with Gasteiger partial charge >= 0.3 is 0 Å². The maximum atomic E-state index is 12.2. The average molecular weight is 297 g/mol. The second-order valence-electron chi connectivity index (χ2n) is 5.61. The highest BCUT2D eigenvalue weighted by molar-refractivity contribution is 6.36. The quantitative estimate of drug-likeness (QED) is 0.748. The molecule has 5 heteroatoms. The van der Waals surface area contributed by atoms with Crippen LogP contribution in [0.5, 0.6) is 0 Å². The normalized spacial score (nSPS) is 17.7. The highest BCUT2D eigenvalue weighted by Gasteiger charge is 2.31. The molecule has 1 aliphatic rings. The van der Waals surface area contributed by atoms with Gasteiger partial charge in [-0.3, -0.25) is 4.79 Å². The number of aliphatic hydroxyl groups excluding tert-OH is 1. The van der Waals surface area contributed by atoms with Gasteiger partial charge in [-0.15, -0.1) is 0 Å². The van der Waals surface area contributed by atoms with Crippen LogP contribution in [0.25, 0.3) is 0 Å². The van der Waals surface area contributed by atoms with E-state index in [2.05, 4.69) is 5.32 Å². The summed E-state index contributed by atoms with van der Waals surface area (Å²) < 4.78 is 0. The van der Waals surface area contributed by atoms with Crippen molar-refractivity contribution in [2.75, 3.05) is 18.9 Å². The number of hydrogen-bond donors (Lipinski definition) is 3. The van der Waals surface area contributed by atoms with Crippen molar-refractivity contribution in [1.82, 2.24) is 5.32 Å². The van der Waals surface area contributed by atoms with E-state index in [1.54, 1.807) is 18.2 Å². The molecular weight excluding hydrogens is 276 g/mol. The zero-order valence-electron chi connectivity index (χ0n) is 11.5. The molecule has 20 heavy (non-hydrogen) atoms. The number of nitrogens with two attached hydrogens (primary N) is 1. The summed E-state index contributed by atoms with van der Waals surface area (Å²) in [6, 6.07) is 5.02. The van der Waals surface area contributed by atoms with Gasteiger partial charge in [0.25, 0.3) is 5.91 Å². The zero-order valence-corrected chi connectivity index (χ0v) is 12.2. The molecule has 2 rings (SSSR count). The van der Waals surface area contributed by atoms with E-state index in [1.807, 2.05) is 0 Å². The summed E-state index contributed by atoms with van der Waals surface area (Å²) in [6.45, 7) is 0.589. The van der Waals surface area contributed by atoms with Crippen LogP contribution in [0.15, 0.2) is 18.2 Å². The van der Waals surface area contributed by atoms with Crippen molar-refractivity contribution in [2.24, 2.45) is 5.41 Å². The number of halogens is 1. The van der Waals surface area contributed by atoms with Crippen LogP contribution in [-0.4, -0.2) is 24.2 Å². The van der Waals surface area contributed by atoms with E-state index in [4.69, 9.17) is 17.3 Å². The van der Waals surface area contributed by atoms with Crippen LogP contribution in [0, 0.1) is 5.41 Å². The number of nitrogens with one attached hydrogen (secondary N) is 1. The Labute approximate surface area is 124 Å². The van der Waals surface area contributed by atoms with Crippen molar-refractivity contribution in [3.63, 3.8) is 0 Å². The number of anilines is 1. The van der Waals surface area contributed by atoms with Gasteiger partial charge in [0.2, 0.25) is 0 Å². The second kappa shape index (κ2) is 6.46. The summed E-state index contributed by atoms with van der Waals surface area (Å²) in [4.78, 5) is 12.2. The van der Waals surface area contributed by atoms with Gasteiger partial charge in [0.15, 0.2) is 0 Å². The number of rotatable bonds is 4. The van der Waals surface area contributed by atoms with Gasteiger partial charge in [-0.25, -0.2) is 0 Å². The summed E-state index contributed by atoms with van der Waals surface area (Å²) in [5.41, 5.74) is 6.30. The topological polar surface area (TPSA) is 75.4 Å². The highest BCUT2D eigenvalue weighted by Crippen LogP contribution is 2.35. The smallest absolute Gasteiger partial charge is 0.252 e. The highest BCUT2D eigenvalue weighted by atomic mass is 35.5. The maximum absolute atomic E-state index is 12.2. The van der Waals surface area contributed by atoms with Crippen LogP contribution in [0.4, 0.5) is 5.69 Å². The fourth-order valence-corrected chi connectivity index (χ4v) is 2.99. The minimum absolute atomic E-state index is 0.109. The number of amides is 1. The minimum atomic E-state index is -0.235. The largest absolute Gasteiger partial charge is 0.398 e. The first-order valence-electron chi connectivity index (χ1n) is 7.01. The second-order valence-corrected chi connectivity index (χ2v) is 5.99. The molecule has 110 valence electrons. The van der Waals surface area contributed by atoms with Gasteiger partial charge in [-0.05, 0) is 25.0 Å². The molecular formula is C15H21ClN2O2. The lowest BCUT2D eigenvalue weighted by molar-refractivity contribution is 0.0718. The Balaban J connectivity index is 2.02. The first-order chi connectivity index (χ1) is 9.58. The molecule has 0 aromatic heterocycles. The van der Waals surface area contributed by atoms with E-state index in [9.17, 15) is 9.90 Å². The molecule has 0 unspecified atom stereocenters. The first-order valence-corrected chi connectivity index (χ1v) is 7.39. The van der Waals surface area contributed by atoms with Crippen LogP contribution >= 0.6 is 11.6 Å². The third-order valence-corrected chi connectivity index (χ3v) is 4.57. The molecule has 0 saturated heterocycles. The van der Waals surface area contributed by atoms with E-state index in [0.29, 0.717) is 17.8 Å². The molecule has 0 radical (unpaired) electrons. The van der Waals surface area contributed by atoms with Gasteiger partial charge in [0, 0.05) is 12.0 Å². The molecule has 0 heterocycles. The molecule has 4 nitrogen and oxygen atoms in total. The number of carbonyl (C=O) groups excluding carboxylic acids is 1. The van der Waals surface area contributed by atoms with E-state index in [1.165, 1.54) is 6.42 Å². The molecule has 0 atom stereocenters. The van der Waals surface area contributed by atoms with Crippen LogP contribution < -0.4 is 11.1 Å². The van der Waals surface area contributed by atoms with Crippen LogP contribution in [0.2, 0.25) is 5.02 Å². The minimum Gasteiger partial charge on any atom is -0.398 e. The van der Waals surface area contributed by atoms with E-state index in [0.717, 1.165) is 25.7 Å². The molecule has 1 amide bonds. The zero-order chi connectivity index (χ0) is 14.6. The molecule has 1 aromatic rings. The van der Waals surface area contributed by atoms with E-state index in [-0.39, 0.29) is 23.0 Å². The molecule has 0 bridgehead atoms.